The van der Waals surface area contributed by atoms with Gasteiger partial charge in [-0.1, -0.05) is 0 Å². The molecule has 0 N–H and O–H groups in total. The quantitative estimate of drug-likeness (QED) is 0.229. The van der Waals surface area contributed by atoms with Crippen LogP contribution in [-0.4, -0.2) is 37.8 Å². The molecule has 1 radical (unpaired) electrons. The number of rotatable bonds is 14. The summed E-state index contributed by atoms with van der Waals surface area (Å²) in [6, 6.07) is 0. The average Bonchev–Trinajstić information content (AvgIpc) is 2.46. The number of halogens is 1. The first-order valence-corrected chi connectivity index (χ1v) is 22.9. The molecule has 0 aliphatic carbocycles. The van der Waals surface area contributed by atoms with E-state index in [2.05, 4.69) is 27.7 Å². The van der Waals surface area contributed by atoms with Gasteiger partial charge in [-0.15, -0.1) is 0 Å². The number of unbranched alkanes of at least 4 members (excludes halogenated alkanes) is 4. The van der Waals surface area contributed by atoms with Crippen LogP contribution in [0.25, 0.3) is 0 Å². The molecule has 0 aliphatic heterocycles. The van der Waals surface area contributed by atoms with Gasteiger partial charge in [-0.3, -0.25) is 0 Å². The molecule has 121 valence electrons. The van der Waals surface area contributed by atoms with Crippen LogP contribution in [0, 0.1) is 0 Å². The first-order chi connectivity index (χ1) is 9.61. The Kier molecular flexibility index (Phi) is 15.8. The van der Waals surface area contributed by atoms with Gasteiger partial charge in [-0.05, 0) is 0 Å². The van der Waals surface area contributed by atoms with E-state index in [-0.39, 0.29) is 0 Å². The van der Waals surface area contributed by atoms with Crippen molar-refractivity contribution in [3.8, 4) is 0 Å². The van der Waals surface area contributed by atoms with E-state index in [1.807, 2.05) is 0 Å². The monoisotopic (exact) mass is 519 g/mol. The summed E-state index contributed by atoms with van der Waals surface area (Å²) in [5.74, 6) is 0. The first kappa shape index (κ1) is 21.8. The van der Waals surface area contributed by atoms with E-state index in [0.717, 1.165) is 0 Å². The zero-order chi connectivity index (χ0) is 15.3. The molecule has 0 rings (SSSR count). The van der Waals surface area contributed by atoms with Crippen molar-refractivity contribution in [3.63, 3.8) is 0 Å². The Balaban J connectivity index is 4.48. The predicted molar refractivity (Wildman–Crippen MR) is 97.3 cm³/mol. The summed E-state index contributed by atoms with van der Waals surface area (Å²) in [6.07, 6.45) is 10.5. The Morgan fingerprint density at radius 2 is 1.15 bits per heavy atom. The summed E-state index contributed by atoms with van der Waals surface area (Å²) < 4.78 is 12.2. The molecule has 0 bridgehead atoms. The van der Waals surface area contributed by atoms with E-state index in [4.69, 9.17) is 10.3 Å². The summed E-state index contributed by atoms with van der Waals surface area (Å²) in [5, 5.41) is 0. The SMILES string of the molecule is CCC[CH2][Sn]([CH2]CCC)[O][Sn]([Cl])([CH2]CCC)[CH2]CCC. The maximum absolute atomic E-state index is 7.09. The Hall–Kier alpha value is 1.85. The summed E-state index contributed by atoms with van der Waals surface area (Å²) in [5.41, 5.74) is 0. The van der Waals surface area contributed by atoms with Crippen LogP contribution in [0.4, 0.5) is 0 Å². The molecule has 0 aromatic carbocycles. The Morgan fingerprint density at radius 3 is 1.50 bits per heavy atom. The van der Waals surface area contributed by atoms with Gasteiger partial charge in [-0.25, -0.2) is 0 Å². The fourth-order valence-corrected chi connectivity index (χ4v) is 40.1. The van der Waals surface area contributed by atoms with Gasteiger partial charge in [0.2, 0.25) is 0 Å². The topological polar surface area (TPSA) is 9.23 Å². The van der Waals surface area contributed by atoms with Gasteiger partial charge in [0.1, 0.15) is 0 Å². The van der Waals surface area contributed by atoms with Crippen LogP contribution in [0.5, 0.6) is 0 Å². The van der Waals surface area contributed by atoms with Gasteiger partial charge in [-0.2, -0.15) is 0 Å². The average molecular weight is 517 g/mol. The van der Waals surface area contributed by atoms with Gasteiger partial charge in [0.25, 0.3) is 0 Å². The molecule has 0 amide bonds. The van der Waals surface area contributed by atoms with Crippen molar-refractivity contribution in [2.24, 2.45) is 0 Å². The molecule has 0 saturated heterocycles. The van der Waals surface area contributed by atoms with Gasteiger partial charge in [0, 0.05) is 0 Å². The summed E-state index contributed by atoms with van der Waals surface area (Å²) in [6.45, 7) is 9.14. The van der Waals surface area contributed by atoms with Crippen LogP contribution in [0.2, 0.25) is 17.7 Å². The molecule has 0 aliphatic rings. The summed E-state index contributed by atoms with van der Waals surface area (Å²) >= 11 is -4.33. The van der Waals surface area contributed by atoms with E-state index in [1.54, 1.807) is 0 Å². The maximum atomic E-state index is 7.09. The third-order valence-corrected chi connectivity index (χ3v) is 35.6. The van der Waals surface area contributed by atoms with Gasteiger partial charge < -0.3 is 0 Å². The van der Waals surface area contributed by atoms with E-state index in [1.165, 1.54) is 69.1 Å². The van der Waals surface area contributed by atoms with Crippen LogP contribution < -0.4 is 0 Å². The van der Waals surface area contributed by atoms with Crippen molar-refractivity contribution in [3.05, 3.63) is 0 Å². The Labute approximate surface area is 144 Å². The van der Waals surface area contributed by atoms with Gasteiger partial charge >= 0.3 is 145 Å². The van der Waals surface area contributed by atoms with E-state index >= 15 is 0 Å². The minimum absolute atomic E-state index is 1.26. The van der Waals surface area contributed by atoms with Crippen molar-refractivity contribution in [2.75, 3.05) is 0 Å². The van der Waals surface area contributed by atoms with Crippen LogP contribution in [-0.2, 0) is 1.41 Å². The van der Waals surface area contributed by atoms with E-state index in [0.29, 0.717) is 0 Å². The van der Waals surface area contributed by atoms with Gasteiger partial charge in [0.15, 0.2) is 0 Å². The van der Waals surface area contributed by atoms with Crippen molar-refractivity contribution in [1.29, 1.82) is 0 Å². The van der Waals surface area contributed by atoms with Crippen molar-refractivity contribution < 1.29 is 1.41 Å². The number of hydrogen-bond acceptors (Lipinski definition) is 1. The molecule has 1 nitrogen and oxygen atoms in total. The first-order valence-electron chi connectivity index (χ1n) is 8.84. The molecule has 0 heterocycles. The van der Waals surface area contributed by atoms with Crippen LogP contribution in [0.3, 0.4) is 0 Å². The van der Waals surface area contributed by atoms with E-state index in [9.17, 15) is 0 Å². The molecule has 0 fully saturated rings. The molecule has 0 aromatic rings. The molecule has 0 spiro atoms. The minimum atomic E-state index is -2.70. The van der Waals surface area contributed by atoms with Crippen LogP contribution >= 0.6 is 8.92 Å². The fourth-order valence-electron chi connectivity index (χ4n) is 2.34. The third kappa shape index (κ3) is 11.4. The molecule has 20 heavy (non-hydrogen) atoms. The second-order valence-electron chi connectivity index (χ2n) is 5.94. The zero-order valence-electron chi connectivity index (χ0n) is 14.3. The molecular weight excluding hydrogens is 481 g/mol. The predicted octanol–water partition coefficient (Wildman–Crippen LogP) is 6.88. The second kappa shape index (κ2) is 14.4. The molecule has 0 aromatic heterocycles. The molecule has 0 atom stereocenters. The Bertz CT molecular complexity index is 199. The summed E-state index contributed by atoms with van der Waals surface area (Å²) in [7, 11) is 7.09. The van der Waals surface area contributed by atoms with Crippen molar-refractivity contribution >= 4 is 46.8 Å². The van der Waals surface area contributed by atoms with Crippen molar-refractivity contribution in [2.45, 2.75) is 96.8 Å². The van der Waals surface area contributed by atoms with Crippen LogP contribution in [0.1, 0.15) is 79.1 Å². The summed E-state index contributed by atoms with van der Waals surface area (Å²) in [4.78, 5) is 0. The normalized spacial score (nSPS) is 12.3. The van der Waals surface area contributed by atoms with Crippen LogP contribution in [0.15, 0.2) is 0 Å². The zero-order valence-corrected chi connectivity index (χ0v) is 20.7. The molecule has 0 unspecified atom stereocenters. The van der Waals surface area contributed by atoms with Gasteiger partial charge in [0.05, 0.1) is 0 Å². The molecule has 0 saturated carbocycles. The van der Waals surface area contributed by atoms with E-state index < -0.39 is 37.8 Å². The molecular formula is C16H36ClOSn2. The van der Waals surface area contributed by atoms with Crippen molar-refractivity contribution in [1.82, 2.24) is 0 Å². The standard InChI is InChI=1S/4C4H9.ClH.O.2Sn/c4*1-3-4-2;;;;/h4*1,3-4H2,2H3;1H;;;/q;;;;;;;+1/p-1. The number of hydrogen-bond donors (Lipinski definition) is 0. The second-order valence-corrected chi connectivity index (χ2v) is 28.9. The Morgan fingerprint density at radius 1 is 0.750 bits per heavy atom. The molecule has 4 heteroatoms. The third-order valence-electron chi connectivity index (χ3n) is 3.75. The fraction of sp³-hybridized carbons (Fsp3) is 1.00.